The van der Waals surface area contributed by atoms with Crippen molar-refractivity contribution in [2.75, 3.05) is 18.4 Å². The zero-order valence-electron chi connectivity index (χ0n) is 15.8. The molecule has 1 atom stereocenters. The lowest BCUT2D eigenvalue weighted by Gasteiger charge is -2.34. The predicted octanol–water partition coefficient (Wildman–Crippen LogP) is 3.83. The fourth-order valence-corrected chi connectivity index (χ4v) is 3.70. The maximum atomic E-state index is 14.6. The third-order valence-corrected chi connectivity index (χ3v) is 4.88. The van der Waals surface area contributed by atoms with E-state index in [9.17, 15) is 9.18 Å². The van der Waals surface area contributed by atoms with Gasteiger partial charge in [0.2, 0.25) is 5.91 Å². The van der Waals surface area contributed by atoms with Crippen LogP contribution in [0.25, 0.3) is 5.69 Å². The summed E-state index contributed by atoms with van der Waals surface area (Å²) in [5.74, 6) is -0.445. The Bertz CT molecular complexity index is 784. The summed E-state index contributed by atoms with van der Waals surface area (Å²) in [6.07, 6.45) is 4.08. The Morgan fingerprint density at radius 1 is 1.31 bits per heavy atom. The predicted molar refractivity (Wildman–Crippen MR) is 101 cm³/mol. The highest BCUT2D eigenvalue weighted by Gasteiger charge is 2.28. The third kappa shape index (κ3) is 3.96. The monoisotopic (exact) mass is 358 g/mol. The highest BCUT2D eigenvalue weighted by atomic mass is 19.1. The number of carbonyl (C=O) groups excluding carboxylic acids is 1. The average Bonchev–Trinajstić information content (AvgIpc) is 2.94. The van der Waals surface area contributed by atoms with Crippen molar-refractivity contribution >= 4 is 11.6 Å². The minimum absolute atomic E-state index is 0.0450. The molecule has 1 unspecified atom stereocenters. The quantitative estimate of drug-likeness (QED) is 0.884. The highest BCUT2D eigenvalue weighted by Crippen LogP contribution is 2.22. The Hall–Kier alpha value is -2.21. The van der Waals surface area contributed by atoms with Gasteiger partial charge in [0.05, 0.1) is 11.7 Å². The van der Waals surface area contributed by atoms with Gasteiger partial charge in [-0.25, -0.2) is 9.07 Å². The molecule has 1 aromatic heterocycles. The van der Waals surface area contributed by atoms with Gasteiger partial charge in [-0.3, -0.25) is 9.69 Å². The lowest BCUT2D eigenvalue weighted by molar-refractivity contribution is -0.122. The van der Waals surface area contributed by atoms with Gasteiger partial charge < -0.3 is 5.32 Å². The van der Waals surface area contributed by atoms with Crippen LogP contribution in [0.1, 0.15) is 44.0 Å². The molecule has 0 saturated carbocycles. The Kier molecular flexibility index (Phi) is 5.71. The number of nitrogens with one attached hydrogen (secondary N) is 1. The van der Waals surface area contributed by atoms with Crippen LogP contribution < -0.4 is 5.32 Å². The van der Waals surface area contributed by atoms with E-state index in [1.807, 2.05) is 19.9 Å². The molecule has 1 fully saturated rings. The first kappa shape index (κ1) is 18.6. The maximum absolute atomic E-state index is 14.6. The van der Waals surface area contributed by atoms with E-state index < -0.39 is 5.82 Å². The van der Waals surface area contributed by atoms with Gasteiger partial charge in [-0.05, 0) is 70.5 Å². The fraction of sp³-hybridized carbons (Fsp3) is 0.500. The van der Waals surface area contributed by atoms with Gasteiger partial charge in [0.1, 0.15) is 5.69 Å². The van der Waals surface area contributed by atoms with Crippen LogP contribution in [0.3, 0.4) is 0 Å². The number of anilines is 1. The summed E-state index contributed by atoms with van der Waals surface area (Å²) in [7, 11) is 0. The van der Waals surface area contributed by atoms with E-state index in [1.165, 1.54) is 6.07 Å². The molecule has 2 heterocycles. The first-order valence-corrected chi connectivity index (χ1v) is 9.37. The van der Waals surface area contributed by atoms with Crippen molar-refractivity contribution in [2.45, 2.75) is 52.5 Å². The summed E-state index contributed by atoms with van der Waals surface area (Å²) < 4.78 is 16.2. The second kappa shape index (κ2) is 7.99. The first-order chi connectivity index (χ1) is 12.5. The number of carbonyl (C=O) groups is 1. The van der Waals surface area contributed by atoms with Crippen LogP contribution in [-0.4, -0.2) is 39.7 Å². The highest BCUT2D eigenvalue weighted by molar-refractivity contribution is 5.95. The van der Waals surface area contributed by atoms with E-state index in [0.717, 1.165) is 50.2 Å². The van der Waals surface area contributed by atoms with Gasteiger partial charge in [-0.1, -0.05) is 13.3 Å². The van der Waals surface area contributed by atoms with Crippen LogP contribution in [0.2, 0.25) is 0 Å². The molecule has 1 aliphatic heterocycles. The van der Waals surface area contributed by atoms with Crippen molar-refractivity contribution in [2.24, 2.45) is 0 Å². The molecule has 26 heavy (non-hydrogen) atoms. The third-order valence-electron chi connectivity index (χ3n) is 4.88. The maximum Gasteiger partial charge on any atom is 0.241 e. The molecule has 1 aromatic carbocycles. The molecule has 5 nitrogen and oxygen atoms in total. The number of halogens is 1. The van der Waals surface area contributed by atoms with Crippen LogP contribution >= 0.6 is 0 Å². The lowest BCUT2D eigenvalue weighted by Crippen LogP contribution is -2.47. The van der Waals surface area contributed by atoms with Crippen molar-refractivity contribution in [1.29, 1.82) is 0 Å². The second-order valence-corrected chi connectivity index (χ2v) is 7.04. The molecule has 6 heteroatoms. The summed E-state index contributed by atoms with van der Waals surface area (Å²) in [5.41, 5.74) is 2.59. The number of nitrogens with zero attached hydrogens (tertiary/aromatic N) is 3. The summed E-state index contributed by atoms with van der Waals surface area (Å²) in [6, 6.07) is 6.55. The molecule has 0 spiro atoms. The number of hydrogen-bond acceptors (Lipinski definition) is 3. The first-order valence-electron chi connectivity index (χ1n) is 9.37. The number of amides is 1. The van der Waals surface area contributed by atoms with E-state index in [0.29, 0.717) is 11.4 Å². The van der Waals surface area contributed by atoms with Crippen LogP contribution in [0.15, 0.2) is 24.3 Å². The Balaban J connectivity index is 1.75. The molecule has 1 aliphatic rings. The average molecular weight is 358 g/mol. The van der Waals surface area contributed by atoms with Gasteiger partial charge in [0.25, 0.3) is 0 Å². The smallest absolute Gasteiger partial charge is 0.241 e. The van der Waals surface area contributed by atoms with E-state index in [-0.39, 0.29) is 11.9 Å². The minimum Gasteiger partial charge on any atom is -0.325 e. The van der Waals surface area contributed by atoms with E-state index >= 15 is 0 Å². The number of rotatable bonds is 5. The zero-order chi connectivity index (χ0) is 18.7. The zero-order valence-corrected chi connectivity index (χ0v) is 15.8. The molecule has 0 bridgehead atoms. The normalized spacial score (nSPS) is 18.1. The Labute approximate surface area is 154 Å². The summed E-state index contributed by atoms with van der Waals surface area (Å²) in [4.78, 5) is 14.9. The van der Waals surface area contributed by atoms with Gasteiger partial charge in [0, 0.05) is 11.4 Å². The second-order valence-electron chi connectivity index (χ2n) is 7.04. The molecule has 1 amide bonds. The number of piperidine rings is 1. The topological polar surface area (TPSA) is 50.2 Å². The summed E-state index contributed by atoms with van der Waals surface area (Å²) in [5, 5.41) is 7.21. The molecule has 3 rings (SSSR count). The van der Waals surface area contributed by atoms with Gasteiger partial charge in [-0.2, -0.15) is 5.10 Å². The number of aryl methyl sites for hydroxylation is 2. The fourth-order valence-electron chi connectivity index (χ4n) is 3.70. The van der Waals surface area contributed by atoms with Crippen LogP contribution in [0.5, 0.6) is 0 Å². The summed E-state index contributed by atoms with van der Waals surface area (Å²) in [6.45, 7) is 7.76. The summed E-state index contributed by atoms with van der Waals surface area (Å²) >= 11 is 0. The van der Waals surface area contributed by atoms with E-state index in [2.05, 4.69) is 22.2 Å². The van der Waals surface area contributed by atoms with Crippen molar-refractivity contribution in [3.05, 3.63) is 41.5 Å². The van der Waals surface area contributed by atoms with Gasteiger partial charge in [0.15, 0.2) is 5.82 Å². The van der Waals surface area contributed by atoms with Crippen molar-refractivity contribution in [1.82, 2.24) is 14.7 Å². The number of aromatic nitrogens is 2. The van der Waals surface area contributed by atoms with Crippen LogP contribution in [-0.2, 0) is 4.79 Å². The van der Waals surface area contributed by atoms with Gasteiger partial charge >= 0.3 is 0 Å². The van der Waals surface area contributed by atoms with Crippen molar-refractivity contribution < 1.29 is 9.18 Å². The Morgan fingerprint density at radius 2 is 2.12 bits per heavy atom. The molecule has 0 aliphatic carbocycles. The molecular formula is C20H27FN4O. The SMILES string of the molecule is CCCN1CCCCC1C(=O)Nc1ccc(-n2nc(C)cc2C)c(F)c1. The number of hydrogen-bond donors (Lipinski definition) is 1. The largest absolute Gasteiger partial charge is 0.325 e. The van der Waals surface area contributed by atoms with Crippen molar-refractivity contribution in [3.63, 3.8) is 0 Å². The molecule has 2 aromatic rings. The number of benzene rings is 1. The molecule has 1 saturated heterocycles. The van der Waals surface area contributed by atoms with E-state index in [1.54, 1.807) is 16.8 Å². The molecule has 140 valence electrons. The van der Waals surface area contributed by atoms with Crippen molar-refractivity contribution in [3.8, 4) is 5.69 Å². The minimum atomic E-state index is -0.400. The Morgan fingerprint density at radius 3 is 2.77 bits per heavy atom. The molecule has 1 N–H and O–H groups in total. The lowest BCUT2D eigenvalue weighted by atomic mass is 10.0. The van der Waals surface area contributed by atoms with E-state index in [4.69, 9.17) is 0 Å². The molecular weight excluding hydrogens is 331 g/mol. The van der Waals surface area contributed by atoms with Crippen LogP contribution in [0.4, 0.5) is 10.1 Å². The van der Waals surface area contributed by atoms with Crippen LogP contribution in [0, 0.1) is 19.7 Å². The van der Waals surface area contributed by atoms with Gasteiger partial charge in [-0.15, -0.1) is 0 Å². The molecule has 0 radical (unpaired) electrons. The standard InChI is InChI=1S/C20H27FN4O/c1-4-10-24-11-6-5-7-19(24)20(26)22-16-8-9-18(17(21)13-16)25-15(3)12-14(2)23-25/h8-9,12-13,19H,4-7,10-11H2,1-3H3,(H,22,26). The number of likely N-dealkylation sites (tertiary alicyclic amines) is 1.